The fourth-order valence-electron chi connectivity index (χ4n) is 2.39. The molecule has 0 spiro atoms. The Morgan fingerprint density at radius 3 is 2.67 bits per heavy atom. The number of aryl methyl sites for hydroxylation is 1. The molecule has 0 saturated carbocycles. The quantitative estimate of drug-likeness (QED) is 0.638. The van der Waals surface area contributed by atoms with Gasteiger partial charge >= 0.3 is 0 Å². The van der Waals surface area contributed by atoms with Crippen LogP contribution in [0.1, 0.15) is 23.0 Å². The Labute approximate surface area is 162 Å². The van der Waals surface area contributed by atoms with Gasteiger partial charge in [0.15, 0.2) is 0 Å². The first kappa shape index (κ1) is 18.7. The second-order valence-electron chi connectivity index (χ2n) is 5.76. The van der Waals surface area contributed by atoms with E-state index in [1.807, 2.05) is 44.2 Å². The van der Waals surface area contributed by atoms with E-state index in [0.717, 1.165) is 17.0 Å². The number of anilines is 3. The molecule has 7 heteroatoms. The Balaban J connectivity index is 1.72. The summed E-state index contributed by atoms with van der Waals surface area (Å²) in [5.74, 6) is 0.779. The molecule has 3 aromatic rings. The maximum Gasteiger partial charge on any atom is 0.274 e. The van der Waals surface area contributed by atoms with Gasteiger partial charge in [0, 0.05) is 22.6 Å². The highest BCUT2D eigenvalue weighted by atomic mass is 35.5. The minimum Gasteiger partial charge on any atom is -0.494 e. The summed E-state index contributed by atoms with van der Waals surface area (Å²) in [6.07, 6.45) is 1.53. The minimum absolute atomic E-state index is 0.248. The van der Waals surface area contributed by atoms with Crippen LogP contribution < -0.4 is 15.4 Å². The standard InChI is InChI=1S/C20H19ClN4O2/c1-3-27-16-8-6-15(7-9-16)23-20-22-11-10-17(25-20)19(26)24-18-12-14(21)5-4-13(18)2/h4-12H,3H2,1-2H3,(H,24,26)(H,22,23,25). The van der Waals surface area contributed by atoms with Gasteiger partial charge in [-0.25, -0.2) is 9.97 Å². The lowest BCUT2D eigenvalue weighted by molar-refractivity contribution is 0.102. The van der Waals surface area contributed by atoms with Gasteiger partial charge in [-0.05, 0) is 61.9 Å². The Morgan fingerprint density at radius 2 is 1.93 bits per heavy atom. The molecule has 0 bridgehead atoms. The monoisotopic (exact) mass is 382 g/mol. The van der Waals surface area contributed by atoms with Crippen molar-refractivity contribution in [1.29, 1.82) is 0 Å². The Kier molecular flexibility index (Phi) is 5.88. The number of nitrogens with one attached hydrogen (secondary N) is 2. The SMILES string of the molecule is CCOc1ccc(Nc2nccc(C(=O)Nc3cc(Cl)ccc3C)n2)cc1. The van der Waals surface area contributed by atoms with Crippen molar-refractivity contribution in [2.45, 2.75) is 13.8 Å². The van der Waals surface area contributed by atoms with Crippen molar-refractivity contribution in [3.63, 3.8) is 0 Å². The molecule has 0 saturated heterocycles. The molecule has 27 heavy (non-hydrogen) atoms. The Hall–Kier alpha value is -3.12. The van der Waals surface area contributed by atoms with E-state index in [0.29, 0.717) is 23.3 Å². The van der Waals surface area contributed by atoms with Crippen LogP contribution in [0.2, 0.25) is 5.02 Å². The number of carbonyl (C=O) groups excluding carboxylic acids is 1. The fourth-order valence-corrected chi connectivity index (χ4v) is 2.56. The molecular weight excluding hydrogens is 364 g/mol. The van der Waals surface area contributed by atoms with Gasteiger partial charge in [-0.1, -0.05) is 17.7 Å². The molecular formula is C20H19ClN4O2. The van der Waals surface area contributed by atoms with Gasteiger partial charge in [-0.3, -0.25) is 4.79 Å². The smallest absolute Gasteiger partial charge is 0.274 e. The molecule has 3 rings (SSSR count). The van der Waals surface area contributed by atoms with Crippen LogP contribution in [0, 0.1) is 6.92 Å². The molecule has 1 heterocycles. The maximum atomic E-state index is 12.5. The minimum atomic E-state index is -0.336. The van der Waals surface area contributed by atoms with Crippen LogP contribution in [0.4, 0.5) is 17.3 Å². The summed E-state index contributed by atoms with van der Waals surface area (Å²) < 4.78 is 5.41. The van der Waals surface area contributed by atoms with Crippen LogP contribution in [0.25, 0.3) is 0 Å². The van der Waals surface area contributed by atoms with E-state index in [2.05, 4.69) is 20.6 Å². The molecule has 0 unspecified atom stereocenters. The zero-order valence-corrected chi connectivity index (χ0v) is 15.7. The largest absolute Gasteiger partial charge is 0.494 e. The van der Waals surface area contributed by atoms with Crippen LogP contribution >= 0.6 is 11.6 Å². The predicted octanol–water partition coefficient (Wildman–Crippen LogP) is 4.83. The normalized spacial score (nSPS) is 10.3. The highest BCUT2D eigenvalue weighted by Crippen LogP contribution is 2.21. The predicted molar refractivity (Wildman–Crippen MR) is 107 cm³/mol. The number of nitrogens with zero attached hydrogens (tertiary/aromatic N) is 2. The average molecular weight is 383 g/mol. The van der Waals surface area contributed by atoms with E-state index >= 15 is 0 Å². The van der Waals surface area contributed by atoms with Crippen LogP contribution in [0.3, 0.4) is 0 Å². The molecule has 138 valence electrons. The molecule has 0 aliphatic heterocycles. The van der Waals surface area contributed by atoms with Crippen LogP contribution in [-0.2, 0) is 0 Å². The van der Waals surface area contributed by atoms with Gasteiger partial charge in [0.2, 0.25) is 5.95 Å². The van der Waals surface area contributed by atoms with E-state index in [-0.39, 0.29) is 11.6 Å². The number of hydrogen-bond acceptors (Lipinski definition) is 5. The number of ether oxygens (including phenoxy) is 1. The van der Waals surface area contributed by atoms with Gasteiger partial charge in [-0.15, -0.1) is 0 Å². The molecule has 1 aromatic heterocycles. The molecule has 1 amide bonds. The summed E-state index contributed by atoms with van der Waals surface area (Å²) >= 11 is 6.00. The third kappa shape index (κ3) is 4.95. The van der Waals surface area contributed by atoms with Gasteiger partial charge < -0.3 is 15.4 Å². The van der Waals surface area contributed by atoms with Crippen LogP contribution in [-0.4, -0.2) is 22.5 Å². The molecule has 0 radical (unpaired) electrons. The molecule has 6 nitrogen and oxygen atoms in total. The molecule has 2 N–H and O–H groups in total. The summed E-state index contributed by atoms with van der Waals surface area (Å²) in [5, 5.41) is 6.45. The Bertz CT molecular complexity index is 945. The van der Waals surface area contributed by atoms with Crippen molar-refractivity contribution in [3.05, 3.63) is 71.0 Å². The summed E-state index contributed by atoms with van der Waals surface area (Å²) in [4.78, 5) is 20.9. The van der Waals surface area contributed by atoms with Gasteiger partial charge in [-0.2, -0.15) is 0 Å². The first-order valence-electron chi connectivity index (χ1n) is 8.45. The summed E-state index contributed by atoms with van der Waals surface area (Å²) in [6.45, 7) is 4.44. The fraction of sp³-hybridized carbons (Fsp3) is 0.150. The second kappa shape index (κ2) is 8.51. The molecule has 0 aliphatic rings. The van der Waals surface area contributed by atoms with Crippen molar-refractivity contribution in [2.75, 3.05) is 17.2 Å². The molecule has 2 aromatic carbocycles. The van der Waals surface area contributed by atoms with E-state index < -0.39 is 0 Å². The first-order chi connectivity index (χ1) is 13.0. The first-order valence-corrected chi connectivity index (χ1v) is 8.83. The molecule has 0 aliphatic carbocycles. The lowest BCUT2D eigenvalue weighted by atomic mass is 10.2. The average Bonchev–Trinajstić information content (AvgIpc) is 2.67. The van der Waals surface area contributed by atoms with Crippen molar-refractivity contribution in [1.82, 2.24) is 9.97 Å². The second-order valence-corrected chi connectivity index (χ2v) is 6.20. The van der Waals surface area contributed by atoms with E-state index in [9.17, 15) is 4.79 Å². The number of carbonyl (C=O) groups is 1. The van der Waals surface area contributed by atoms with E-state index in [4.69, 9.17) is 16.3 Å². The topological polar surface area (TPSA) is 76.1 Å². The highest BCUT2D eigenvalue weighted by Gasteiger charge is 2.11. The molecule has 0 fully saturated rings. The highest BCUT2D eigenvalue weighted by molar-refractivity contribution is 6.31. The van der Waals surface area contributed by atoms with Crippen molar-refractivity contribution in [3.8, 4) is 5.75 Å². The number of rotatable bonds is 6. The number of hydrogen-bond donors (Lipinski definition) is 2. The van der Waals surface area contributed by atoms with Crippen LogP contribution in [0.5, 0.6) is 5.75 Å². The number of benzene rings is 2. The zero-order valence-electron chi connectivity index (χ0n) is 15.0. The lowest BCUT2D eigenvalue weighted by Crippen LogP contribution is -2.15. The van der Waals surface area contributed by atoms with Crippen LogP contribution in [0.15, 0.2) is 54.7 Å². The molecule has 0 atom stereocenters. The zero-order chi connectivity index (χ0) is 19.2. The summed E-state index contributed by atoms with van der Waals surface area (Å²) in [7, 11) is 0. The summed E-state index contributed by atoms with van der Waals surface area (Å²) in [6, 6.07) is 14.3. The summed E-state index contributed by atoms with van der Waals surface area (Å²) in [5.41, 5.74) is 2.60. The van der Waals surface area contributed by atoms with E-state index in [1.54, 1.807) is 18.2 Å². The Morgan fingerprint density at radius 1 is 1.15 bits per heavy atom. The maximum absolute atomic E-state index is 12.5. The number of aromatic nitrogens is 2. The third-order valence-corrected chi connectivity index (χ3v) is 3.99. The van der Waals surface area contributed by atoms with Crippen molar-refractivity contribution in [2.24, 2.45) is 0 Å². The number of amides is 1. The van der Waals surface area contributed by atoms with Crippen molar-refractivity contribution >= 4 is 34.8 Å². The van der Waals surface area contributed by atoms with Gasteiger partial charge in [0.25, 0.3) is 5.91 Å². The van der Waals surface area contributed by atoms with Crippen molar-refractivity contribution < 1.29 is 9.53 Å². The van der Waals surface area contributed by atoms with Gasteiger partial charge in [0.1, 0.15) is 11.4 Å². The number of halogens is 1. The van der Waals surface area contributed by atoms with Gasteiger partial charge in [0.05, 0.1) is 6.61 Å². The third-order valence-electron chi connectivity index (χ3n) is 3.76. The lowest BCUT2D eigenvalue weighted by Gasteiger charge is -2.10. The van der Waals surface area contributed by atoms with E-state index in [1.165, 1.54) is 6.20 Å².